The summed E-state index contributed by atoms with van der Waals surface area (Å²) in [5.74, 6) is 0.496. The highest BCUT2D eigenvalue weighted by Crippen LogP contribution is 2.27. The molecule has 1 aliphatic rings. The lowest BCUT2D eigenvalue weighted by molar-refractivity contribution is -0.145. The minimum atomic E-state index is -0.179. The average molecular weight is 262 g/mol. The Labute approximate surface area is 112 Å². The van der Waals surface area contributed by atoms with Crippen LogP contribution in [-0.4, -0.2) is 35.9 Å². The number of methoxy groups -OCH3 is 1. The number of nitriles is 1. The van der Waals surface area contributed by atoms with Crippen LogP contribution in [0.25, 0.3) is 0 Å². The van der Waals surface area contributed by atoms with Crippen molar-refractivity contribution in [1.29, 1.82) is 5.26 Å². The van der Waals surface area contributed by atoms with E-state index in [0.717, 1.165) is 30.9 Å². The summed E-state index contributed by atoms with van der Waals surface area (Å²) in [5.41, 5.74) is 1.31. The highest BCUT2D eigenvalue weighted by atomic mass is 16.5. The van der Waals surface area contributed by atoms with E-state index >= 15 is 0 Å². The van der Waals surface area contributed by atoms with E-state index < -0.39 is 0 Å². The van der Waals surface area contributed by atoms with Gasteiger partial charge in [0.05, 0.1) is 18.7 Å². The van der Waals surface area contributed by atoms with Gasteiger partial charge in [-0.2, -0.15) is 10.4 Å². The lowest BCUT2D eigenvalue weighted by atomic mass is 9.98. The van der Waals surface area contributed by atoms with Gasteiger partial charge in [-0.15, -0.1) is 0 Å². The third-order valence-electron chi connectivity index (χ3n) is 3.56. The van der Waals surface area contributed by atoms with Crippen LogP contribution < -0.4 is 4.90 Å². The number of ether oxygens (including phenoxy) is 1. The molecule has 19 heavy (non-hydrogen) atoms. The number of anilines is 1. The number of nitrogens with zero attached hydrogens (tertiary/aromatic N) is 4. The first-order valence-corrected chi connectivity index (χ1v) is 6.35. The van der Waals surface area contributed by atoms with Crippen LogP contribution in [0.1, 0.15) is 24.1 Å². The predicted molar refractivity (Wildman–Crippen MR) is 69.6 cm³/mol. The molecule has 1 fully saturated rings. The van der Waals surface area contributed by atoms with E-state index in [9.17, 15) is 10.1 Å². The van der Waals surface area contributed by atoms with Crippen LogP contribution in [0.5, 0.6) is 0 Å². The van der Waals surface area contributed by atoms with Crippen LogP contribution in [0, 0.1) is 24.2 Å². The molecule has 2 rings (SSSR count). The highest BCUT2D eigenvalue weighted by molar-refractivity contribution is 5.73. The normalized spacial score (nSPS) is 19.1. The lowest BCUT2D eigenvalue weighted by Crippen LogP contribution is -2.40. The molecule has 1 aliphatic heterocycles. The van der Waals surface area contributed by atoms with Crippen molar-refractivity contribution in [3.8, 4) is 6.07 Å². The van der Waals surface area contributed by atoms with Gasteiger partial charge in [0, 0.05) is 20.1 Å². The molecular formula is C13H18N4O2. The summed E-state index contributed by atoms with van der Waals surface area (Å²) < 4.78 is 6.53. The van der Waals surface area contributed by atoms with Gasteiger partial charge in [0.1, 0.15) is 17.5 Å². The summed E-state index contributed by atoms with van der Waals surface area (Å²) in [4.78, 5) is 13.7. The average Bonchev–Trinajstić information content (AvgIpc) is 2.71. The van der Waals surface area contributed by atoms with Gasteiger partial charge < -0.3 is 9.64 Å². The molecule has 0 saturated carbocycles. The molecule has 0 amide bonds. The monoisotopic (exact) mass is 262 g/mol. The van der Waals surface area contributed by atoms with E-state index in [0.29, 0.717) is 12.1 Å². The molecule has 1 aromatic heterocycles. The standard InChI is InChI=1S/C13H18N4O2/c1-9-11(7-14)12(16(2)15-9)17-6-4-5-10(8-17)13(18)19-3/h10H,4-6,8H2,1-3H3. The number of hydrogen-bond donors (Lipinski definition) is 0. The minimum absolute atomic E-state index is 0.125. The van der Waals surface area contributed by atoms with Gasteiger partial charge in [0.2, 0.25) is 0 Å². The summed E-state index contributed by atoms with van der Waals surface area (Å²) in [5, 5.41) is 13.5. The fourth-order valence-corrected chi connectivity index (χ4v) is 2.67. The van der Waals surface area contributed by atoms with Gasteiger partial charge in [-0.1, -0.05) is 0 Å². The molecule has 0 bridgehead atoms. The second kappa shape index (κ2) is 5.31. The molecule has 0 aliphatic carbocycles. The maximum absolute atomic E-state index is 11.7. The number of rotatable bonds is 2. The van der Waals surface area contributed by atoms with Crippen molar-refractivity contribution in [2.24, 2.45) is 13.0 Å². The second-order valence-corrected chi connectivity index (χ2v) is 4.83. The van der Waals surface area contributed by atoms with Gasteiger partial charge in [-0.05, 0) is 19.8 Å². The summed E-state index contributed by atoms with van der Waals surface area (Å²) >= 11 is 0. The van der Waals surface area contributed by atoms with Crippen molar-refractivity contribution >= 4 is 11.8 Å². The largest absolute Gasteiger partial charge is 0.469 e. The van der Waals surface area contributed by atoms with Gasteiger partial charge in [0.25, 0.3) is 0 Å². The molecular weight excluding hydrogens is 244 g/mol. The summed E-state index contributed by atoms with van der Waals surface area (Å²) in [6.45, 7) is 3.24. The zero-order valence-electron chi connectivity index (χ0n) is 11.5. The molecule has 0 aromatic carbocycles. The van der Waals surface area contributed by atoms with Crippen LogP contribution in [0.3, 0.4) is 0 Å². The second-order valence-electron chi connectivity index (χ2n) is 4.83. The SMILES string of the molecule is COC(=O)C1CCCN(c2c(C#N)c(C)nn2C)C1. The number of aromatic nitrogens is 2. The van der Waals surface area contributed by atoms with Crippen molar-refractivity contribution in [2.75, 3.05) is 25.1 Å². The number of carbonyl (C=O) groups excluding carboxylic acids is 1. The van der Waals surface area contributed by atoms with Crippen molar-refractivity contribution in [2.45, 2.75) is 19.8 Å². The number of esters is 1. The quantitative estimate of drug-likeness (QED) is 0.743. The number of piperidine rings is 1. The van der Waals surface area contributed by atoms with Crippen molar-refractivity contribution in [3.63, 3.8) is 0 Å². The number of aryl methyl sites for hydroxylation is 2. The maximum atomic E-state index is 11.7. The fraction of sp³-hybridized carbons (Fsp3) is 0.615. The predicted octanol–water partition coefficient (Wildman–Crippen LogP) is 0.990. The van der Waals surface area contributed by atoms with E-state index in [-0.39, 0.29) is 11.9 Å². The third kappa shape index (κ3) is 2.41. The van der Waals surface area contributed by atoms with Crippen LogP contribution in [0.15, 0.2) is 0 Å². The Balaban J connectivity index is 2.27. The van der Waals surface area contributed by atoms with Crippen molar-refractivity contribution < 1.29 is 9.53 Å². The molecule has 0 spiro atoms. The van der Waals surface area contributed by atoms with E-state index in [2.05, 4.69) is 16.1 Å². The Morgan fingerprint density at radius 3 is 2.95 bits per heavy atom. The van der Waals surface area contributed by atoms with Gasteiger partial charge >= 0.3 is 5.97 Å². The van der Waals surface area contributed by atoms with Gasteiger partial charge in [0.15, 0.2) is 0 Å². The fourth-order valence-electron chi connectivity index (χ4n) is 2.67. The number of hydrogen-bond acceptors (Lipinski definition) is 5. The molecule has 0 radical (unpaired) electrons. The Bertz CT molecular complexity index is 529. The van der Waals surface area contributed by atoms with Crippen molar-refractivity contribution in [3.05, 3.63) is 11.3 Å². The van der Waals surface area contributed by atoms with E-state index in [1.165, 1.54) is 7.11 Å². The smallest absolute Gasteiger partial charge is 0.310 e. The van der Waals surface area contributed by atoms with Gasteiger partial charge in [-0.3, -0.25) is 9.48 Å². The van der Waals surface area contributed by atoms with Crippen molar-refractivity contribution in [1.82, 2.24) is 9.78 Å². The summed E-state index contributed by atoms with van der Waals surface area (Å²) in [6.07, 6.45) is 1.75. The molecule has 1 unspecified atom stereocenters. The Morgan fingerprint density at radius 2 is 2.32 bits per heavy atom. The Morgan fingerprint density at radius 1 is 1.58 bits per heavy atom. The molecule has 6 nitrogen and oxygen atoms in total. The first-order valence-electron chi connectivity index (χ1n) is 6.35. The topological polar surface area (TPSA) is 71.2 Å². The first kappa shape index (κ1) is 13.4. The molecule has 1 aromatic rings. The molecule has 2 heterocycles. The minimum Gasteiger partial charge on any atom is -0.469 e. The Hall–Kier alpha value is -2.03. The van der Waals surface area contributed by atoms with E-state index in [1.807, 2.05) is 14.0 Å². The van der Waals surface area contributed by atoms with Crippen LogP contribution in [-0.2, 0) is 16.6 Å². The zero-order chi connectivity index (χ0) is 14.0. The molecule has 1 atom stereocenters. The molecule has 0 N–H and O–H groups in total. The maximum Gasteiger partial charge on any atom is 0.310 e. The Kier molecular flexibility index (Phi) is 3.74. The van der Waals surface area contributed by atoms with Crippen LogP contribution >= 0.6 is 0 Å². The van der Waals surface area contributed by atoms with Crippen LogP contribution in [0.4, 0.5) is 5.82 Å². The summed E-state index contributed by atoms with van der Waals surface area (Å²) in [6, 6.07) is 2.20. The lowest BCUT2D eigenvalue weighted by Gasteiger charge is -2.32. The van der Waals surface area contributed by atoms with Gasteiger partial charge in [-0.25, -0.2) is 0 Å². The van der Waals surface area contributed by atoms with E-state index in [1.54, 1.807) is 4.68 Å². The van der Waals surface area contributed by atoms with E-state index in [4.69, 9.17) is 4.74 Å². The zero-order valence-corrected chi connectivity index (χ0v) is 11.5. The highest BCUT2D eigenvalue weighted by Gasteiger charge is 2.29. The third-order valence-corrected chi connectivity index (χ3v) is 3.56. The molecule has 6 heteroatoms. The first-order chi connectivity index (χ1) is 9.08. The molecule has 102 valence electrons. The number of carbonyl (C=O) groups is 1. The summed E-state index contributed by atoms with van der Waals surface area (Å²) in [7, 11) is 3.24. The van der Waals surface area contributed by atoms with Crippen LogP contribution in [0.2, 0.25) is 0 Å². The molecule has 1 saturated heterocycles.